The first kappa shape index (κ1) is 12.8. The van der Waals surface area contributed by atoms with E-state index in [4.69, 9.17) is 9.47 Å². The van der Waals surface area contributed by atoms with Crippen molar-refractivity contribution >= 4 is 5.78 Å². The van der Waals surface area contributed by atoms with E-state index < -0.39 is 5.79 Å². The first-order valence-electron chi connectivity index (χ1n) is 6.44. The second kappa shape index (κ2) is 4.54. The van der Waals surface area contributed by atoms with Gasteiger partial charge in [0, 0.05) is 18.3 Å². The highest BCUT2D eigenvalue weighted by molar-refractivity contribution is 5.87. The van der Waals surface area contributed by atoms with Gasteiger partial charge in [0.25, 0.3) is 0 Å². The van der Waals surface area contributed by atoms with Gasteiger partial charge in [-0.1, -0.05) is 13.0 Å². The lowest BCUT2D eigenvalue weighted by Gasteiger charge is -2.32. The second-order valence-electron chi connectivity index (χ2n) is 5.55. The van der Waals surface area contributed by atoms with E-state index in [2.05, 4.69) is 13.5 Å². The smallest absolute Gasteiger partial charge is 0.165 e. The minimum atomic E-state index is -0.488. The van der Waals surface area contributed by atoms with E-state index in [1.54, 1.807) is 0 Å². The molecule has 0 amide bonds. The van der Waals surface area contributed by atoms with Gasteiger partial charge in [0.05, 0.1) is 13.2 Å². The maximum Gasteiger partial charge on any atom is 0.165 e. The second-order valence-corrected chi connectivity index (χ2v) is 5.55. The van der Waals surface area contributed by atoms with Crippen molar-refractivity contribution in [3.63, 3.8) is 0 Å². The van der Waals surface area contributed by atoms with Crippen LogP contribution >= 0.6 is 0 Å². The number of rotatable bonds is 4. The van der Waals surface area contributed by atoms with Crippen LogP contribution in [0.2, 0.25) is 0 Å². The number of carbonyl (C=O) groups is 1. The van der Waals surface area contributed by atoms with Crippen LogP contribution < -0.4 is 0 Å². The Morgan fingerprint density at radius 2 is 2.00 bits per heavy atom. The summed E-state index contributed by atoms with van der Waals surface area (Å²) in [6.45, 7) is 9.20. The molecule has 0 spiro atoms. The van der Waals surface area contributed by atoms with Crippen molar-refractivity contribution in [2.24, 2.45) is 11.3 Å². The molecular formula is C14H22O3. The molecule has 2 aliphatic rings. The zero-order chi connectivity index (χ0) is 12.5. The number of allylic oxidation sites excluding steroid dienone is 1. The van der Waals surface area contributed by atoms with Crippen LogP contribution in [-0.4, -0.2) is 24.8 Å². The molecule has 0 aromatic carbocycles. The summed E-state index contributed by atoms with van der Waals surface area (Å²) in [6, 6.07) is 0. The molecule has 1 saturated carbocycles. The van der Waals surface area contributed by atoms with Crippen molar-refractivity contribution in [3.8, 4) is 0 Å². The molecule has 2 fully saturated rings. The third-order valence-electron chi connectivity index (χ3n) is 4.42. The quantitative estimate of drug-likeness (QED) is 0.706. The molecule has 1 heterocycles. The molecule has 96 valence electrons. The summed E-state index contributed by atoms with van der Waals surface area (Å²) >= 11 is 0. The number of ketones is 1. The van der Waals surface area contributed by atoms with E-state index in [1.165, 1.54) is 0 Å². The number of Topliss-reactive ketones (excluding diaryl/α,β-unsaturated/α-hetero) is 1. The zero-order valence-electron chi connectivity index (χ0n) is 10.8. The lowest BCUT2D eigenvalue weighted by molar-refractivity contribution is -0.154. The van der Waals surface area contributed by atoms with E-state index in [1.807, 2.05) is 13.0 Å². The van der Waals surface area contributed by atoms with Crippen LogP contribution in [0, 0.1) is 11.3 Å². The van der Waals surface area contributed by atoms with Gasteiger partial charge in [-0.25, -0.2) is 0 Å². The van der Waals surface area contributed by atoms with Crippen LogP contribution in [0.25, 0.3) is 0 Å². The Hall–Kier alpha value is -0.670. The van der Waals surface area contributed by atoms with E-state index in [0.717, 1.165) is 19.3 Å². The Morgan fingerprint density at radius 3 is 2.59 bits per heavy atom. The standard InChI is InChI=1S/C14H22O3/c1-4-11-5-6-12(15)13(11,2)7-8-14(3)16-9-10-17-14/h4,11H,1,5-10H2,2-3H3/t11-,13+/m0/s1. The summed E-state index contributed by atoms with van der Waals surface area (Å²) in [7, 11) is 0. The lowest BCUT2D eigenvalue weighted by atomic mass is 9.74. The summed E-state index contributed by atoms with van der Waals surface area (Å²) < 4.78 is 11.2. The Labute approximate surface area is 103 Å². The predicted molar refractivity (Wildman–Crippen MR) is 65.6 cm³/mol. The van der Waals surface area contributed by atoms with Crippen LogP contribution in [0.15, 0.2) is 12.7 Å². The highest BCUT2D eigenvalue weighted by Gasteiger charge is 2.46. The molecule has 1 saturated heterocycles. The van der Waals surface area contributed by atoms with Gasteiger partial charge >= 0.3 is 0 Å². The van der Waals surface area contributed by atoms with Crippen LogP contribution in [0.5, 0.6) is 0 Å². The van der Waals surface area contributed by atoms with Crippen molar-refractivity contribution in [1.82, 2.24) is 0 Å². The minimum Gasteiger partial charge on any atom is -0.348 e. The van der Waals surface area contributed by atoms with Crippen molar-refractivity contribution < 1.29 is 14.3 Å². The monoisotopic (exact) mass is 238 g/mol. The molecule has 17 heavy (non-hydrogen) atoms. The first-order valence-corrected chi connectivity index (χ1v) is 6.44. The fourth-order valence-electron chi connectivity index (χ4n) is 2.99. The summed E-state index contributed by atoms with van der Waals surface area (Å²) in [5.41, 5.74) is -0.264. The molecule has 3 nitrogen and oxygen atoms in total. The predicted octanol–water partition coefficient (Wildman–Crippen LogP) is 2.70. The first-order chi connectivity index (χ1) is 8.00. The molecule has 0 unspecified atom stereocenters. The topological polar surface area (TPSA) is 35.5 Å². The van der Waals surface area contributed by atoms with Crippen LogP contribution in [0.3, 0.4) is 0 Å². The summed E-state index contributed by atoms with van der Waals surface area (Å²) in [5, 5.41) is 0. The molecule has 3 heteroatoms. The van der Waals surface area contributed by atoms with Crippen molar-refractivity contribution in [2.75, 3.05) is 13.2 Å². The molecule has 0 aromatic rings. The van der Waals surface area contributed by atoms with Crippen LogP contribution in [0.1, 0.15) is 39.5 Å². The van der Waals surface area contributed by atoms with Gasteiger partial charge in [0.2, 0.25) is 0 Å². The maximum absolute atomic E-state index is 12.0. The van der Waals surface area contributed by atoms with Crippen molar-refractivity contribution in [1.29, 1.82) is 0 Å². The third kappa shape index (κ3) is 2.31. The van der Waals surface area contributed by atoms with E-state index in [-0.39, 0.29) is 5.41 Å². The molecule has 0 N–H and O–H groups in total. The van der Waals surface area contributed by atoms with Gasteiger partial charge in [-0.15, -0.1) is 6.58 Å². The summed E-state index contributed by atoms with van der Waals surface area (Å²) in [5.74, 6) is 0.182. The highest BCUT2D eigenvalue weighted by Crippen LogP contribution is 2.45. The van der Waals surface area contributed by atoms with E-state index in [0.29, 0.717) is 31.3 Å². The molecular weight excluding hydrogens is 216 g/mol. The largest absolute Gasteiger partial charge is 0.348 e. The number of carbonyl (C=O) groups excluding carboxylic acids is 1. The van der Waals surface area contributed by atoms with Gasteiger partial charge in [0.15, 0.2) is 5.79 Å². The molecule has 0 aromatic heterocycles. The number of hydrogen-bond donors (Lipinski definition) is 0. The fourth-order valence-corrected chi connectivity index (χ4v) is 2.99. The van der Waals surface area contributed by atoms with Crippen molar-refractivity contribution in [2.45, 2.75) is 45.3 Å². The molecule has 1 aliphatic heterocycles. The Morgan fingerprint density at radius 1 is 1.35 bits per heavy atom. The number of hydrogen-bond acceptors (Lipinski definition) is 3. The van der Waals surface area contributed by atoms with Gasteiger partial charge in [-0.3, -0.25) is 4.79 Å². The molecule has 0 radical (unpaired) electrons. The van der Waals surface area contributed by atoms with E-state index in [9.17, 15) is 4.79 Å². The Bertz CT molecular complexity index is 317. The Balaban J connectivity index is 2.01. The van der Waals surface area contributed by atoms with Gasteiger partial charge in [-0.2, -0.15) is 0 Å². The van der Waals surface area contributed by atoms with E-state index >= 15 is 0 Å². The number of ether oxygens (including phenoxy) is 2. The van der Waals surface area contributed by atoms with Gasteiger partial charge in [-0.05, 0) is 25.7 Å². The molecule has 0 bridgehead atoms. The van der Waals surface area contributed by atoms with Gasteiger partial charge < -0.3 is 9.47 Å². The van der Waals surface area contributed by atoms with Crippen molar-refractivity contribution in [3.05, 3.63) is 12.7 Å². The highest BCUT2D eigenvalue weighted by atomic mass is 16.7. The molecule has 2 atom stereocenters. The third-order valence-corrected chi connectivity index (χ3v) is 4.42. The maximum atomic E-state index is 12.0. The van der Waals surface area contributed by atoms with Crippen LogP contribution in [0.4, 0.5) is 0 Å². The lowest BCUT2D eigenvalue weighted by Crippen LogP contribution is -2.33. The average molecular weight is 238 g/mol. The molecule has 1 aliphatic carbocycles. The normalized spacial score (nSPS) is 36.4. The fraction of sp³-hybridized carbons (Fsp3) is 0.786. The van der Waals surface area contributed by atoms with Crippen LogP contribution in [-0.2, 0) is 14.3 Å². The average Bonchev–Trinajstić information content (AvgIpc) is 2.85. The zero-order valence-corrected chi connectivity index (χ0v) is 10.8. The van der Waals surface area contributed by atoms with Gasteiger partial charge in [0.1, 0.15) is 5.78 Å². The minimum absolute atomic E-state index is 0.264. The molecule has 2 rings (SSSR count). The SMILES string of the molecule is C=C[C@H]1CCC(=O)[C@]1(C)CCC1(C)OCCO1. The summed E-state index contributed by atoms with van der Waals surface area (Å²) in [4.78, 5) is 12.0. The summed E-state index contributed by atoms with van der Waals surface area (Å²) in [6.07, 6.45) is 5.16. The Kier molecular flexibility index (Phi) is 3.41.